The summed E-state index contributed by atoms with van der Waals surface area (Å²) < 4.78 is 36.3. The number of halogens is 1. The molecule has 2 atom stereocenters. The quantitative estimate of drug-likeness (QED) is 0.677. The van der Waals surface area contributed by atoms with Crippen LogP contribution >= 0.6 is 11.6 Å². The lowest BCUT2D eigenvalue weighted by molar-refractivity contribution is -0.143. The van der Waals surface area contributed by atoms with E-state index >= 15 is 0 Å². The number of carbonyl (C=O) groups is 2. The molecule has 0 bridgehead atoms. The number of hydrogen-bond acceptors (Lipinski definition) is 6. The molecule has 10 heteroatoms. The third-order valence-electron chi connectivity index (χ3n) is 4.63. The highest BCUT2D eigenvalue weighted by Crippen LogP contribution is 2.32. The Bertz CT molecular complexity index is 1100. The zero-order valence-corrected chi connectivity index (χ0v) is 17.7. The minimum Gasteiger partial charge on any atom is -0.495 e. The van der Waals surface area contributed by atoms with Gasteiger partial charge in [0.25, 0.3) is 0 Å². The third kappa shape index (κ3) is 4.47. The maximum absolute atomic E-state index is 13.1. The fourth-order valence-electron chi connectivity index (χ4n) is 3.26. The van der Waals surface area contributed by atoms with Crippen LogP contribution in [0.4, 0.5) is 4.79 Å². The van der Waals surface area contributed by atoms with E-state index in [1.165, 1.54) is 32.4 Å². The number of benzene rings is 2. The van der Waals surface area contributed by atoms with E-state index in [2.05, 4.69) is 10.3 Å². The summed E-state index contributed by atoms with van der Waals surface area (Å²) in [5.41, 5.74) is 0.493. The van der Waals surface area contributed by atoms with Gasteiger partial charge in [0.15, 0.2) is 9.84 Å². The first-order chi connectivity index (χ1) is 14.3. The van der Waals surface area contributed by atoms with Crippen LogP contribution in [0, 0.1) is 5.92 Å². The molecule has 1 heterocycles. The largest absolute Gasteiger partial charge is 0.495 e. The van der Waals surface area contributed by atoms with Gasteiger partial charge in [-0.15, -0.1) is 0 Å². The average Bonchev–Trinajstić information content (AvgIpc) is 2.73. The first-order valence-electron chi connectivity index (χ1n) is 8.84. The van der Waals surface area contributed by atoms with Crippen molar-refractivity contribution in [1.29, 1.82) is 0 Å². The van der Waals surface area contributed by atoms with E-state index in [9.17, 15) is 18.0 Å². The summed E-state index contributed by atoms with van der Waals surface area (Å²) in [6.07, 6.45) is 0. The Morgan fingerprint density at radius 3 is 2.50 bits per heavy atom. The molecule has 1 aliphatic rings. The molecule has 30 heavy (non-hydrogen) atoms. The van der Waals surface area contributed by atoms with Gasteiger partial charge in [-0.2, -0.15) is 0 Å². The van der Waals surface area contributed by atoms with Gasteiger partial charge in [-0.1, -0.05) is 41.9 Å². The van der Waals surface area contributed by atoms with Crippen LogP contribution in [-0.4, -0.2) is 46.1 Å². The van der Waals surface area contributed by atoms with E-state index < -0.39 is 39.6 Å². The minimum absolute atomic E-state index is 0.0921. The minimum atomic E-state index is -4.06. The number of sulfone groups is 1. The molecule has 0 aliphatic carbocycles. The van der Waals surface area contributed by atoms with Crippen molar-refractivity contribution in [3.63, 3.8) is 0 Å². The molecule has 2 aromatic carbocycles. The molecule has 2 unspecified atom stereocenters. The fourth-order valence-corrected chi connectivity index (χ4v) is 5.05. The molecular formula is C20H19ClN2O6S. The number of methoxy groups -OCH3 is 2. The summed E-state index contributed by atoms with van der Waals surface area (Å²) in [5, 5.41) is 2.82. The number of rotatable bonds is 6. The molecule has 0 saturated heterocycles. The van der Waals surface area contributed by atoms with Crippen LogP contribution in [0.2, 0.25) is 5.02 Å². The molecular weight excluding hydrogens is 432 g/mol. The molecule has 3 rings (SSSR count). The molecule has 2 aromatic rings. The Kier molecular flexibility index (Phi) is 6.42. The molecule has 2 amide bonds. The second-order valence-corrected chi connectivity index (χ2v) is 8.89. The standard InChI is InChI=1S/C20H19ClN2O6S/c1-28-15-9-8-13(21)10-16(15)30(26,27)11-14-17(19(24)29-2)18(23-20(25)22-14)12-6-4-3-5-7-12/h3-10,17-18H,11H2,1-2H3,(H,23,25). The topological polar surface area (TPSA) is 111 Å². The van der Waals surface area contributed by atoms with E-state index in [-0.39, 0.29) is 21.4 Å². The van der Waals surface area contributed by atoms with Crippen LogP contribution in [0.1, 0.15) is 11.6 Å². The van der Waals surface area contributed by atoms with Crippen LogP contribution < -0.4 is 10.1 Å². The summed E-state index contributed by atoms with van der Waals surface area (Å²) in [6, 6.07) is 11.3. The van der Waals surface area contributed by atoms with E-state index in [4.69, 9.17) is 21.1 Å². The Morgan fingerprint density at radius 1 is 1.17 bits per heavy atom. The molecule has 1 aliphatic heterocycles. The second kappa shape index (κ2) is 8.85. The second-order valence-electron chi connectivity index (χ2n) is 6.50. The van der Waals surface area contributed by atoms with Crippen molar-refractivity contribution < 1.29 is 27.5 Å². The van der Waals surface area contributed by atoms with Gasteiger partial charge < -0.3 is 14.8 Å². The Balaban J connectivity index is 2.05. The Hall–Kier alpha value is -2.91. The van der Waals surface area contributed by atoms with Crippen molar-refractivity contribution >= 4 is 39.2 Å². The average molecular weight is 451 g/mol. The number of nitrogens with zero attached hydrogens (tertiary/aromatic N) is 1. The van der Waals surface area contributed by atoms with E-state index in [0.717, 1.165) is 0 Å². The maximum Gasteiger partial charge on any atom is 0.341 e. The van der Waals surface area contributed by atoms with E-state index in [1.807, 2.05) is 0 Å². The molecule has 8 nitrogen and oxygen atoms in total. The highest BCUT2D eigenvalue weighted by atomic mass is 35.5. The van der Waals surface area contributed by atoms with Gasteiger partial charge in [0.05, 0.1) is 31.7 Å². The summed E-state index contributed by atoms with van der Waals surface area (Å²) in [6.45, 7) is 0. The summed E-state index contributed by atoms with van der Waals surface area (Å²) in [7, 11) is -1.54. The number of aliphatic imine (C=N–C) groups is 1. The number of nitrogens with one attached hydrogen (secondary N) is 1. The Labute approximate surface area is 178 Å². The van der Waals surface area contributed by atoms with Crippen LogP contribution in [-0.2, 0) is 19.4 Å². The van der Waals surface area contributed by atoms with E-state index in [1.54, 1.807) is 30.3 Å². The highest BCUT2D eigenvalue weighted by molar-refractivity contribution is 7.92. The van der Waals surface area contributed by atoms with Crippen LogP contribution in [0.15, 0.2) is 58.4 Å². The van der Waals surface area contributed by atoms with Crippen molar-refractivity contribution in [1.82, 2.24) is 5.32 Å². The van der Waals surface area contributed by atoms with Gasteiger partial charge in [-0.05, 0) is 23.8 Å². The lowest BCUT2D eigenvalue weighted by Crippen LogP contribution is -2.47. The number of hydrogen-bond donors (Lipinski definition) is 1. The molecule has 158 valence electrons. The SMILES string of the molecule is COC(=O)C1C(CS(=O)(=O)c2cc(Cl)ccc2OC)=NC(=O)NC1c1ccccc1. The van der Waals surface area contributed by atoms with Crippen molar-refractivity contribution in [3.05, 3.63) is 59.1 Å². The highest BCUT2D eigenvalue weighted by Gasteiger charge is 2.41. The van der Waals surface area contributed by atoms with Crippen LogP contribution in [0.25, 0.3) is 0 Å². The molecule has 0 spiro atoms. The molecule has 0 fully saturated rings. The zero-order chi connectivity index (χ0) is 21.9. The summed E-state index contributed by atoms with van der Waals surface area (Å²) >= 11 is 5.96. The number of urea groups is 1. The Morgan fingerprint density at radius 2 is 1.87 bits per heavy atom. The smallest absolute Gasteiger partial charge is 0.341 e. The number of ether oxygens (including phenoxy) is 2. The maximum atomic E-state index is 13.1. The lowest BCUT2D eigenvalue weighted by Gasteiger charge is -2.30. The van der Waals surface area contributed by atoms with Crippen LogP contribution in [0.5, 0.6) is 5.75 Å². The fraction of sp³-hybridized carbons (Fsp3) is 0.250. The van der Waals surface area contributed by atoms with Gasteiger partial charge in [-0.25, -0.2) is 18.2 Å². The van der Waals surface area contributed by atoms with Crippen molar-refractivity contribution in [2.24, 2.45) is 10.9 Å². The van der Waals surface area contributed by atoms with Crippen LogP contribution in [0.3, 0.4) is 0 Å². The first kappa shape index (κ1) is 21.8. The lowest BCUT2D eigenvalue weighted by atomic mass is 9.88. The van der Waals surface area contributed by atoms with Crippen molar-refractivity contribution in [2.45, 2.75) is 10.9 Å². The predicted octanol–water partition coefficient (Wildman–Crippen LogP) is 2.82. The summed E-state index contributed by atoms with van der Waals surface area (Å²) in [5.74, 6) is -2.42. The van der Waals surface area contributed by atoms with E-state index in [0.29, 0.717) is 5.56 Å². The van der Waals surface area contributed by atoms with Crippen molar-refractivity contribution in [3.8, 4) is 5.75 Å². The van der Waals surface area contributed by atoms with Gasteiger partial charge in [0, 0.05) is 5.02 Å². The summed E-state index contributed by atoms with van der Waals surface area (Å²) in [4.78, 5) is 28.4. The predicted molar refractivity (Wildman–Crippen MR) is 111 cm³/mol. The normalized spacial score (nSPS) is 18.9. The van der Waals surface area contributed by atoms with Gasteiger partial charge in [0.2, 0.25) is 0 Å². The monoisotopic (exact) mass is 450 g/mol. The van der Waals surface area contributed by atoms with Crippen molar-refractivity contribution in [2.75, 3.05) is 20.0 Å². The number of carbonyl (C=O) groups excluding carboxylic acids is 2. The molecule has 1 N–H and O–H groups in total. The molecule has 0 radical (unpaired) electrons. The van der Waals surface area contributed by atoms with Gasteiger partial charge in [-0.3, -0.25) is 4.79 Å². The van der Waals surface area contributed by atoms with Gasteiger partial charge in [0.1, 0.15) is 16.6 Å². The number of amides is 2. The zero-order valence-electron chi connectivity index (χ0n) is 16.2. The molecule has 0 saturated carbocycles. The molecule has 0 aromatic heterocycles. The first-order valence-corrected chi connectivity index (χ1v) is 10.9. The third-order valence-corrected chi connectivity index (χ3v) is 6.53. The number of esters is 1. The van der Waals surface area contributed by atoms with Gasteiger partial charge >= 0.3 is 12.0 Å².